The van der Waals surface area contributed by atoms with Gasteiger partial charge in [0.1, 0.15) is 10.5 Å². The van der Waals surface area contributed by atoms with Crippen LogP contribution in [0.2, 0.25) is 0 Å². The van der Waals surface area contributed by atoms with Crippen LogP contribution < -0.4 is 15.1 Å². The fraction of sp³-hybridized carbons (Fsp3) is 0.231. The minimum absolute atomic E-state index is 0.0732. The van der Waals surface area contributed by atoms with Gasteiger partial charge in [-0.3, -0.25) is 14.5 Å². The van der Waals surface area contributed by atoms with Gasteiger partial charge in [-0.2, -0.15) is 0 Å². The zero-order chi connectivity index (χ0) is 25.7. The van der Waals surface area contributed by atoms with E-state index in [9.17, 15) is 19.5 Å². The number of hydrogen-bond donors (Lipinski definition) is 1. The highest BCUT2D eigenvalue weighted by molar-refractivity contribution is 7.17. The molecule has 2 aromatic carbocycles. The minimum Gasteiger partial charge on any atom is -0.504 e. The molecule has 0 fully saturated rings. The maximum atomic E-state index is 13.8. The van der Waals surface area contributed by atoms with Crippen LogP contribution in [0.15, 0.2) is 45.6 Å². The van der Waals surface area contributed by atoms with Crippen LogP contribution in [-0.2, 0) is 4.74 Å². The number of thiazole rings is 1. The normalized spacial score (nSPS) is 14.8. The van der Waals surface area contributed by atoms with Gasteiger partial charge >= 0.3 is 5.97 Å². The number of anilines is 1. The molecule has 1 unspecified atom stereocenters. The molecule has 1 aliphatic heterocycles. The van der Waals surface area contributed by atoms with Crippen LogP contribution in [0, 0.1) is 13.8 Å². The van der Waals surface area contributed by atoms with Gasteiger partial charge < -0.3 is 19.0 Å². The highest BCUT2D eigenvalue weighted by Gasteiger charge is 2.45. The number of aromatic nitrogens is 1. The Morgan fingerprint density at radius 3 is 2.69 bits per heavy atom. The molecule has 36 heavy (non-hydrogen) atoms. The number of fused-ring (bicyclic) bond motifs is 2. The topological polar surface area (TPSA) is 119 Å². The van der Waals surface area contributed by atoms with E-state index < -0.39 is 17.9 Å². The number of phenolic OH excluding ortho intramolecular Hbond substituents is 1. The Balaban J connectivity index is 1.79. The monoisotopic (exact) mass is 506 g/mol. The molecule has 0 saturated carbocycles. The minimum atomic E-state index is -0.926. The number of phenols is 1. The van der Waals surface area contributed by atoms with Crippen LogP contribution in [0.4, 0.5) is 5.13 Å². The third-order valence-corrected chi connectivity index (χ3v) is 7.12. The molecule has 3 heterocycles. The zero-order valence-electron chi connectivity index (χ0n) is 19.9. The van der Waals surface area contributed by atoms with Gasteiger partial charge in [-0.1, -0.05) is 29.0 Å². The van der Waals surface area contributed by atoms with Crippen molar-refractivity contribution in [3.63, 3.8) is 0 Å². The molecule has 1 atom stereocenters. The van der Waals surface area contributed by atoms with Crippen molar-refractivity contribution >= 4 is 39.3 Å². The molecule has 9 nitrogen and oxygen atoms in total. The lowest BCUT2D eigenvalue weighted by molar-refractivity contribution is 0.0605. The van der Waals surface area contributed by atoms with E-state index in [0.29, 0.717) is 28.8 Å². The standard InChI is InChI=1S/C26H22N2O7S/c1-5-34-18-11-14(7-8-16(18)29)20-19-21(30)15-10-12(2)6-9-17(15)35-22(19)24(31)28(20)26-27-13(3)23(36-26)25(32)33-4/h6-11,20,29H,5H2,1-4H3. The van der Waals surface area contributed by atoms with E-state index in [0.717, 1.165) is 16.9 Å². The molecular formula is C26H22N2O7S. The average molecular weight is 507 g/mol. The number of ether oxygens (including phenoxy) is 2. The molecule has 10 heteroatoms. The van der Waals surface area contributed by atoms with Gasteiger partial charge in [-0.15, -0.1) is 0 Å². The van der Waals surface area contributed by atoms with Gasteiger partial charge in [0.2, 0.25) is 5.76 Å². The maximum Gasteiger partial charge on any atom is 0.350 e. The largest absolute Gasteiger partial charge is 0.504 e. The van der Waals surface area contributed by atoms with E-state index >= 15 is 0 Å². The molecule has 0 bridgehead atoms. The van der Waals surface area contributed by atoms with E-state index in [1.807, 2.05) is 6.92 Å². The van der Waals surface area contributed by atoms with Crippen LogP contribution in [0.5, 0.6) is 11.5 Å². The highest BCUT2D eigenvalue weighted by Crippen LogP contribution is 2.44. The van der Waals surface area contributed by atoms with E-state index in [-0.39, 0.29) is 38.3 Å². The molecule has 0 radical (unpaired) electrons. The van der Waals surface area contributed by atoms with Gasteiger partial charge in [0.05, 0.1) is 36.4 Å². The molecular weight excluding hydrogens is 484 g/mol. The van der Waals surface area contributed by atoms with Gasteiger partial charge in [-0.05, 0) is 50.6 Å². The Kier molecular flexibility index (Phi) is 5.76. The Labute approximate surface area is 209 Å². The van der Waals surface area contributed by atoms with Gasteiger partial charge in [0, 0.05) is 0 Å². The SMILES string of the molecule is CCOc1cc(C2c3c(oc4ccc(C)cc4c3=O)C(=O)N2c2nc(C)c(C(=O)OC)s2)ccc1O. The molecule has 5 rings (SSSR count). The molecule has 1 aliphatic rings. The lowest BCUT2D eigenvalue weighted by Crippen LogP contribution is -2.29. The summed E-state index contributed by atoms with van der Waals surface area (Å²) in [4.78, 5) is 45.8. The van der Waals surface area contributed by atoms with Crippen molar-refractivity contribution in [1.29, 1.82) is 0 Å². The second kappa shape index (κ2) is 8.80. The van der Waals surface area contributed by atoms with Gasteiger partial charge in [0.25, 0.3) is 5.91 Å². The van der Waals surface area contributed by atoms with E-state index in [1.165, 1.54) is 18.1 Å². The van der Waals surface area contributed by atoms with E-state index in [2.05, 4.69) is 4.98 Å². The van der Waals surface area contributed by atoms with Crippen molar-refractivity contribution in [3.05, 3.63) is 79.6 Å². The van der Waals surface area contributed by atoms with Crippen LogP contribution in [0.1, 0.15) is 55.6 Å². The van der Waals surface area contributed by atoms with Crippen molar-refractivity contribution in [2.45, 2.75) is 26.8 Å². The Hall–Kier alpha value is -4.18. The van der Waals surface area contributed by atoms with Crippen molar-refractivity contribution in [3.8, 4) is 11.5 Å². The number of methoxy groups -OCH3 is 1. The molecule has 0 spiro atoms. The maximum absolute atomic E-state index is 13.8. The molecule has 4 aromatic rings. The molecule has 2 aromatic heterocycles. The quantitative estimate of drug-likeness (QED) is 0.393. The number of nitrogens with zero attached hydrogens (tertiary/aromatic N) is 2. The van der Waals surface area contributed by atoms with Crippen LogP contribution in [0.3, 0.4) is 0 Å². The number of aromatic hydroxyl groups is 1. The number of carbonyl (C=O) groups excluding carboxylic acids is 2. The number of esters is 1. The summed E-state index contributed by atoms with van der Waals surface area (Å²) in [6, 6.07) is 8.89. The average Bonchev–Trinajstić information content (AvgIpc) is 3.38. The Bertz CT molecular complexity index is 1600. The predicted molar refractivity (Wildman–Crippen MR) is 133 cm³/mol. The number of benzene rings is 2. The van der Waals surface area contributed by atoms with Crippen molar-refractivity contribution < 1.29 is 28.6 Å². The smallest absolute Gasteiger partial charge is 0.350 e. The first-order valence-electron chi connectivity index (χ1n) is 11.2. The summed E-state index contributed by atoms with van der Waals surface area (Å²) in [7, 11) is 1.27. The lowest BCUT2D eigenvalue weighted by Gasteiger charge is -2.23. The molecule has 0 aliphatic carbocycles. The number of hydrogen-bond acceptors (Lipinski definition) is 9. The summed E-state index contributed by atoms with van der Waals surface area (Å²) in [5.74, 6) is -1.10. The molecule has 0 saturated heterocycles. The first-order chi connectivity index (χ1) is 17.2. The fourth-order valence-electron chi connectivity index (χ4n) is 4.34. The number of amides is 1. The summed E-state index contributed by atoms with van der Waals surface area (Å²) in [5.41, 5.74) is 1.88. The van der Waals surface area contributed by atoms with Crippen LogP contribution >= 0.6 is 11.3 Å². The van der Waals surface area contributed by atoms with E-state index in [4.69, 9.17) is 13.9 Å². The highest BCUT2D eigenvalue weighted by atomic mass is 32.1. The third-order valence-electron chi connectivity index (χ3n) is 5.99. The fourth-order valence-corrected chi connectivity index (χ4v) is 5.35. The number of aryl methyl sites for hydroxylation is 2. The third kappa shape index (κ3) is 3.61. The molecule has 1 amide bonds. The van der Waals surface area contributed by atoms with Crippen LogP contribution in [-0.4, -0.2) is 35.7 Å². The number of carbonyl (C=O) groups is 2. The van der Waals surface area contributed by atoms with Crippen LogP contribution in [0.25, 0.3) is 11.0 Å². The summed E-state index contributed by atoms with van der Waals surface area (Å²) in [6.45, 7) is 5.59. The second-order valence-electron chi connectivity index (χ2n) is 8.31. The summed E-state index contributed by atoms with van der Waals surface area (Å²) in [5, 5.41) is 10.8. The Morgan fingerprint density at radius 1 is 1.19 bits per heavy atom. The van der Waals surface area contributed by atoms with E-state index in [1.54, 1.807) is 44.2 Å². The summed E-state index contributed by atoms with van der Waals surface area (Å²) >= 11 is 0.988. The number of rotatable bonds is 5. The first kappa shape index (κ1) is 23.6. The van der Waals surface area contributed by atoms with Crippen molar-refractivity contribution in [2.75, 3.05) is 18.6 Å². The summed E-state index contributed by atoms with van der Waals surface area (Å²) in [6.07, 6.45) is 0. The predicted octanol–water partition coefficient (Wildman–Crippen LogP) is 4.51. The molecule has 1 N–H and O–H groups in total. The zero-order valence-corrected chi connectivity index (χ0v) is 20.8. The Morgan fingerprint density at radius 2 is 1.97 bits per heavy atom. The van der Waals surface area contributed by atoms with Crippen molar-refractivity contribution in [2.24, 2.45) is 0 Å². The van der Waals surface area contributed by atoms with Gasteiger partial charge in [0.15, 0.2) is 22.1 Å². The first-order valence-corrected chi connectivity index (χ1v) is 12.0. The van der Waals surface area contributed by atoms with Gasteiger partial charge in [-0.25, -0.2) is 9.78 Å². The van der Waals surface area contributed by atoms with Crippen molar-refractivity contribution in [1.82, 2.24) is 4.98 Å². The lowest BCUT2D eigenvalue weighted by atomic mass is 9.98. The second-order valence-corrected chi connectivity index (χ2v) is 9.29. The molecule has 184 valence electrons. The summed E-state index contributed by atoms with van der Waals surface area (Å²) < 4.78 is 16.4.